The summed E-state index contributed by atoms with van der Waals surface area (Å²) in [5, 5.41) is 3.50. The van der Waals surface area contributed by atoms with E-state index in [2.05, 4.69) is 10.2 Å². The summed E-state index contributed by atoms with van der Waals surface area (Å²) in [5.74, 6) is 0.0787. The molecule has 0 radical (unpaired) electrons. The van der Waals surface area contributed by atoms with Crippen molar-refractivity contribution < 1.29 is 60.9 Å². The van der Waals surface area contributed by atoms with Gasteiger partial charge in [0.25, 0.3) is 0 Å². The number of rotatable bonds is 2. The maximum Gasteiger partial charge on any atom is 1.00 e. The van der Waals surface area contributed by atoms with Gasteiger partial charge in [-0.05, 0) is 7.05 Å². The Morgan fingerprint density at radius 1 is 1.43 bits per heavy atom. The van der Waals surface area contributed by atoms with E-state index in [-0.39, 0.29) is 63.4 Å². The topological polar surface area (TPSA) is 43.6 Å². The van der Waals surface area contributed by atoms with Crippen LogP contribution in [0.2, 0.25) is 0 Å². The van der Waals surface area contributed by atoms with E-state index in [9.17, 15) is 4.79 Å². The molecule has 0 amide bonds. The SMILES string of the molecule is COC1CN(C)CC1C=O.C[N-]C.[K+]. The summed E-state index contributed by atoms with van der Waals surface area (Å²) in [6, 6.07) is 0. The van der Waals surface area contributed by atoms with E-state index in [1.807, 2.05) is 7.05 Å². The zero-order chi connectivity index (χ0) is 10.3. The van der Waals surface area contributed by atoms with Crippen LogP contribution in [0, 0.1) is 5.92 Å². The van der Waals surface area contributed by atoms with Crippen molar-refractivity contribution in [2.24, 2.45) is 5.92 Å². The second-order valence-corrected chi connectivity index (χ2v) is 3.24. The monoisotopic (exact) mass is 226 g/mol. The number of carbonyl (C=O) groups excluding carboxylic acids is 1. The summed E-state index contributed by atoms with van der Waals surface area (Å²) in [7, 11) is 7.15. The number of nitrogens with zero attached hydrogens (tertiary/aromatic N) is 2. The molecule has 0 saturated carbocycles. The Morgan fingerprint density at radius 3 is 2.21 bits per heavy atom. The summed E-state index contributed by atoms with van der Waals surface area (Å²) >= 11 is 0. The second kappa shape index (κ2) is 10.7. The largest absolute Gasteiger partial charge is 1.00 e. The first-order valence-corrected chi connectivity index (χ1v) is 4.34. The van der Waals surface area contributed by atoms with Gasteiger partial charge in [-0.2, -0.15) is 14.1 Å². The van der Waals surface area contributed by atoms with Gasteiger partial charge in [-0.1, -0.05) is 0 Å². The minimum absolute atomic E-state index is 0. The van der Waals surface area contributed by atoms with Crippen molar-refractivity contribution in [2.45, 2.75) is 6.10 Å². The Morgan fingerprint density at radius 2 is 1.93 bits per heavy atom. The molecular formula is C9H19KN2O2. The van der Waals surface area contributed by atoms with Gasteiger partial charge in [-0.25, -0.2) is 0 Å². The van der Waals surface area contributed by atoms with Gasteiger partial charge in [0.05, 0.1) is 12.0 Å². The normalized spacial score (nSPS) is 26.0. The van der Waals surface area contributed by atoms with Crippen molar-refractivity contribution >= 4 is 6.29 Å². The van der Waals surface area contributed by atoms with E-state index in [4.69, 9.17) is 4.74 Å². The van der Waals surface area contributed by atoms with E-state index in [0.29, 0.717) is 0 Å². The fraction of sp³-hybridized carbons (Fsp3) is 0.889. The number of ether oxygens (including phenoxy) is 1. The zero-order valence-corrected chi connectivity index (χ0v) is 13.0. The van der Waals surface area contributed by atoms with Crippen LogP contribution in [0.1, 0.15) is 0 Å². The molecule has 1 aliphatic heterocycles. The van der Waals surface area contributed by atoms with Gasteiger partial charge in [-0.15, -0.1) is 0 Å². The number of carbonyl (C=O) groups is 1. The number of likely N-dealkylation sites (tertiary alicyclic amines) is 1. The number of likely N-dealkylation sites (N-methyl/N-ethyl adjacent to an activating group) is 1. The van der Waals surface area contributed by atoms with Gasteiger partial charge in [0.1, 0.15) is 6.29 Å². The van der Waals surface area contributed by atoms with Crippen LogP contribution in [0.4, 0.5) is 0 Å². The van der Waals surface area contributed by atoms with Gasteiger partial charge in [0.15, 0.2) is 0 Å². The molecule has 0 spiro atoms. The molecule has 1 fully saturated rings. The average molecular weight is 226 g/mol. The average Bonchev–Trinajstić information content (AvgIpc) is 2.47. The smallest absolute Gasteiger partial charge is 0.668 e. The molecule has 2 unspecified atom stereocenters. The van der Waals surface area contributed by atoms with Crippen molar-refractivity contribution in [3.05, 3.63) is 5.32 Å². The van der Waals surface area contributed by atoms with Crippen molar-refractivity contribution in [3.63, 3.8) is 0 Å². The molecule has 14 heavy (non-hydrogen) atoms. The van der Waals surface area contributed by atoms with Crippen molar-refractivity contribution in [1.29, 1.82) is 0 Å². The van der Waals surface area contributed by atoms with Gasteiger partial charge < -0.3 is 19.7 Å². The van der Waals surface area contributed by atoms with Crippen LogP contribution in [-0.4, -0.2) is 58.6 Å². The maximum absolute atomic E-state index is 10.4. The van der Waals surface area contributed by atoms with E-state index < -0.39 is 0 Å². The van der Waals surface area contributed by atoms with E-state index in [0.717, 1.165) is 19.4 Å². The Kier molecular flexibility index (Phi) is 13.4. The third kappa shape index (κ3) is 6.63. The first-order chi connectivity index (χ1) is 6.19. The Bertz CT molecular complexity index is 147. The number of hydrogen-bond acceptors (Lipinski definition) is 3. The van der Waals surface area contributed by atoms with Crippen LogP contribution < -0.4 is 51.4 Å². The van der Waals surface area contributed by atoms with E-state index in [1.54, 1.807) is 21.2 Å². The van der Waals surface area contributed by atoms with Crippen LogP contribution in [0.15, 0.2) is 0 Å². The van der Waals surface area contributed by atoms with Gasteiger partial charge in [0, 0.05) is 20.2 Å². The van der Waals surface area contributed by atoms with Gasteiger partial charge in [-0.3, -0.25) is 0 Å². The Balaban J connectivity index is 0. The van der Waals surface area contributed by atoms with Crippen molar-refractivity contribution in [3.8, 4) is 0 Å². The van der Waals surface area contributed by atoms with Crippen LogP contribution >= 0.6 is 0 Å². The third-order valence-corrected chi connectivity index (χ3v) is 1.97. The summed E-state index contributed by atoms with van der Waals surface area (Å²) in [5.41, 5.74) is 0. The Hall–Kier alpha value is 1.19. The summed E-state index contributed by atoms with van der Waals surface area (Å²) < 4.78 is 5.11. The number of methoxy groups -OCH3 is 1. The molecular weight excluding hydrogens is 207 g/mol. The molecule has 1 heterocycles. The molecule has 78 valence electrons. The van der Waals surface area contributed by atoms with Gasteiger partial charge >= 0.3 is 51.4 Å². The molecule has 1 rings (SSSR count). The fourth-order valence-electron chi connectivity index (χ4n) is 1.37. The Labute approximate surface area is 129 Å². The molecule has 0 N–H and O–H groups in total. The van der Waals surface area contributed by atoms with Crippen LogP contribution in [0.5, 0.6) is 0 Å². The summed E-state index contributed by atoms with van der Waals surface area (Å²) in [4.78, 5) is 12.5. The zero-order valence-electron chi connectivity index (χ0n) is 9.86. The molecule has 5 heteroatoms. The number of hydrogen-bond donors (Lipinski definition) is 0. The van der Waals surface area contributed by atoms with E-state index >= 15 is 0 Å². The molecule has 1 saturated heterocycles. The minimum Gasteiger partial charge on any atom is -0.668 e. The van der Waals surface area contributed by atoms with Crippen LogP contribution in [-0.2, 0) is 9.53 Å². The molecule has 2 atom stereocenters. The van der Waals surface area contributed by atoms with Crippen molar-refractivity contribution in [2.75, 3.05) is 41.3 Å². The molecule has 0 aromatic rings. The molecule has 0 bridgehead atoms. The number of aldehydes is 1. The van der Waals surface area contributed by atoms with Crippen molar-refractivity contribution in [1.82, 2.24) is 4.90 Å². The molecule has 1 aliphatic rings. The molecule has 0 aromatic carbocycles. The minimum atomic E-state index is 0. The van der Waals surface area contributed by atoms with Crippen LogP contribution in [0.3, 0.4) is 0 Å². The molecule has 4 nitrogen and oxygen atoms in total. The predicted molar refractivity (Wildman–Crippen MR) is 53.1 cm³/mol. The quantitative estimate of drug-likeness (QED) is 0.383. The fourth-order valence-corrected chi connectivity index (χ4v) is 1.37. The predicted octanol–water partition coefficient (Wildman–Crippen LogP) is -2.61. The summed E-state index contributed by atoms with van der Waals surface area (Å²) in [6.45, 7) is 1.71. The first kappa shape index (κ1) is 17.6. The van der Waals surface area contributed by atoms with E-state index in [1.165, 1.54) is 0 Å². The second-order valence-electron chi connectivity index (χ2n) is 3.24. The van der Waals surface area contributed by atoms with Gasteiger partial charge in [0.2, 0.25) is 0 Å². The first-order valence-electron chi connectivity index (χ1n) is 4.34. The van der Waals surface area contributed by atoms with Crippen LogP contribution in [0.25, 0.3) is 5.32 Å². The molecule has 0 aromatic heterocycles. The standard InChI is InChI=1S/C7H13NO2.C2H6N.K/c1-8-3-6(5-9)7(4-8)10-2;1-3-2;/h5-7H,3-4H2,1-2H3;1-2H3;/q;-1;+1. The molecule has 0 aliphatic carbocycles. The third-order valence-electron chi connectivity index (χ3n) is 1.97. The summed E-state index contributed by atoms with van der Waals surface area (Å²) in [6.07, 6.45) is 1.10. The maximum atomic E-state index is 10.4.